The van der Waals surface area contributed by atoms with Gasteiger partial charge in [0.05, 0.1) is 12.6 Å². The van der Waals surface area contributed by atoms with Gasteiger partial charge in [0.25, 0.3) is 5.56 Å². The molecule has 1 aliphatic heterocycles. The summed E-state index contributed by atoms with van der Waals surface area (Å²) in [5, 5.41) is 19.5. The van der Waals surface area contributed by atoms with Crippen LogP contribution in [0.4, 0.5) is 19.1 Å². The average Bonchev–Trinajstić information content (AvgIpc) is 3.04. The molecule has 146 valence electrons. The summed E-state index contributed by atoms with van der Waals surface area (Å²) >= 11 is 0. The molecule has 10 nitrogen and oxygen atoms in total. The average molecular weight is 389 g/mol. The van der Waals surface area contributed by atoms with Crippen molar-refractivity contribution in [3.8, 4) is 12.3 Å². The molecule has 0 saturated carbocycles. The van der Waals surface area contributed by atoms with Crippen molar-refractivity contribution in [3.63, 3.8) is 0 Å². The van der Waals surface area contributed by atoms with Crippen LogP contribution in [-0.2, 0) is 11.3 Å². The van der Waals surface area contributed by atoms with Gasteiger partial charge in [-0.1, -0.05) is 5.92 Å². The lowest BCUT2D eigenvalue weighted by atomic mass is 10.1. The largest absolute Gasteiger partial charge is 0.416 e. The number of halogens is 3. The Kier molecular flexibility index (Phi) is 4.50. The number of hydrogen-bond donors (Lipinski definition) is 4. The number of hydrogen-bond acceptors (Lipinski definition) is 7. The van der Waals surface area contributed by atoms with Gasteiger partial charge in [-0.05, 0) is 0 Å². The third-order valence-electron chi connectivity index (χ3n) is 4.14. The van der Waals surface area contributed by atoms with Crippen molar-refractivity contribution in [2.45, 2.75) is 43.7 Å². The number of aliphatic hydroxyl groups is 2. The quantitative estimate of drug-likeness (QED) is 0.476. The van der Waals surface area contributed by atoms with Crippen molar-refractivity contribution in [1.29, 1.82) is 0 Å². The molecule has 0 aromatic carbocycles. The van der Waals surface area contributed by atoms with Crippen LogP contribution in [-0.4, -0.2) is 53.8 Å². The molecule has 0 amide bonds. The highest BCUT2D eigenvalue weighted by Crippen LogP contribution is 2.36. The van der Waals surface area contributed by atoms with Gasteiger partial charge >= 0.3 is 11.9 Å². The van der Waals surface area contributed by atoms with E-state index in [4.69, 9.17) is 16.9 Å². The number of H-pyrrole nitrogens is 1. The first kappa shape index (κ1) is 19.0. The number of alkyl halides is 3. The first-order valence-corrected chi connectivity index (χ1v) is 7.58. The van der Waals surface area contributed by atoms with E-state index in [2.05, 4.69) is 15.9 Å². The Labute approximate surface area is 148 Å². The van der Waals surface area contributed by atoms with Crippen LogP contribution >= 0.6 is 0 Å². The second-order valence-corrected chi connectivity index (χ2v) is 5.92. The van der Waals surface area contributed by atoms with Crippen LogP contribution < -0.4 is 17.0 Å². The Balaban J connectivity index is 2.15. The van der Waals surface area contributed by atoms with Gasteiger partial charge in [0, 0.05) is 6.42 Å². The van der Waals surface area contributed by atoms with E-state index in [0.717, 1.165) is 4.57 Å². The molecule has 4 atom stereocenters. The summed E-state index contributed by atoms with van der Waals surface area (Å²) in [6.45, 7) is -0.339. The van der Waals surface area contributed by atoms with E-state index in [0.29, 0.717) is 4.57 Å². The number of terminal acetylenes is 1. The van der Waals surface area contributed by atoms with Crippen molar-refractivity contribution < 1.29 is 28.1 Å². The fraction of sp³-hybridized carbons (Fsp3) is 0.500. The van der Waals surface area contributed by atoms with E-state index in [-0.39, 0.29) is 23.7 Å². The van der Waals surface area contributed by atoms with Crippen LogP contribution in [0.25, 0.3) is 11.2 Å². The third kappa shape index (κ3) is 3.07. The second kappa shape index (κ2) is 6.41. The number of nitrogens with one attached hydrogen (secondary N) is 1. The fourth-order valence-corrected chi connectivity index (χ4v) is 2.99. The molecule has 2 aromatic rings. The monoisotopic (exact) mass is 389 g/mol. The summed E-state index contributed by atoms with van der Waals surface area (Å²) < 4.78 is 44.8. The van der Waals surface area contributed by atoms with Gasteiger partial charge in [-0.25, -0.2) is 9.36 Å². The van der Waals surface area contributed by atoms with E-state index < -0.39 is 48.4 Å². The Bertz CT molecular complexity index is 1030. The van der Waals surface area contributed by atoms with E-state index in [1.807, 2.05) is 0 Å². The fourth-order valence-electron chi connectivity index (χ4n) is 2.99. The number of nitrogens with zero attached hydrogens (tertiary/aromatic N) is 3. The summed E-state index contributed by atoms with van der Waals surface area (Å²) in [5.74, 6) is 1.80. The highest BCUT2D eigenvalue weighted by Gasteiger charge is 2.50. The van der Waals surface area contributed by atoms with Crippen LogP contribution in [0.3, 0.4) is 0 Å². The van der Waals surface area contributed by atoms with Crippen molar-refractivity contribution >= 4 is 17.1 Å². The molecule has 1 saturated heterocycles. The normalized spacial score (nSPS) is 24.2. The molecule has 5 N–H and O–H groups in total. The Morgan fingerprint density at radius 1 is 1.48 bits per heavy atom. The van der Waals surface area contributed by atoms with Crippen molar-refractivity contribution in [2.75, 3.05) is 5.73 Å². The Hall–Kier alpha value is -2.82. The number of fused-ring (bicyclic) bond motifs is 1. The molecule has 13 heteroatoms. The topological polar surface area (TPSA) is 148 Å². The first-order chi connectivity index (χ1) is 12.6. The molecule has 27 heavy (non-hydrogen) atoms. The first-order valence-electron chi connectivity index (χ1n) is 7.58. The van der Waals surface area contributed by atoms with Crippen molar-refractivity contribution in [2.24, 2.45) is 0 Å². The van der Waals surface area contributed by atoms with E-state index >= 15 is 0 Å². The van der Waals surface area contributed by atoms with Crippen LogP contribution in [0.1, 0.15) is 12.6 Å². The molecule has 3 heterocycles. The molecular formula is C14H14F3N5O5. The number of imidazole rings is 1. The zero-order valence-corrected chi connectivity index (χ0v) is 13.5. The molecule has 1 aliphatic rings. The Morgan fingerprint density at radius 2 is 2.15 bits per heavy atom. The summed E-state index contributed by atoms with van der Waals surface area (Å²) in [7, 11) is 0. The zero-order chi connectivity index (χ0) is 20.1. The summed E-state index contributed by atoms with van der Waals surface area (Å²) in [6, 6.07) is 0. The lowest BCUT2D eigenvalue weighted by Gasteiger charge is -2.21. The maximum Gasteiger partial charge on any atom is 0.416 e. The SMILES string of the molecule is C#CCn1c(=O)n([C@@H]2O[C@H]([C@H](O)C(F)(F)F)C[C@H]2O)c2nc(N)[nH]c(=O)c21. The number of rotatable bonds is 3. The minimum Gasteiger partial charge on any atom is -0.388 e. The zero-order valence-electron chi connectivity index (χ0n) is 13.5. The van der Waals surface area contributed by atoms with E-state index in [9.17, 15) is 33.0 Å². The predicted octanol–water partition coefficient (Wildman–Crippen LogP) is -1.33. The number of nitrogens with two attached hydrogens (primary N) is 1. The van der Waals surface area contributed by atoms with Gasteiger partial charge in [0.2, 0.25) is 5.95 Å². The van der Waals surface area contributed by atoms with Gasteiger partial charge in [-0.2, -0.15) is 18.2 Å². The van der Waals surface area contributed by atoms with Crippen molar-refractivity contribution in [1.82, 2.24) is 19.1 Å². The standard InChI is InChI=1S/C14H14F3N5O5/c1-2-3-21-7-9(19-12(18)20-10(7)25)22(13(21)26)11-5(23)4-6(27-11)8(24)14(15,16)17/h1,5-6,8,11,23-24H,3-4H2,(H3,18,19,20,25)/t5-,6+,8+,11-/m1/s1. The lowest BCUT2D eigenvalue weighted by Crippen LogP contribution is -2.39. The van der Waals surface area contributed by atoms with Crippen LogP contribution in [0.5, 0.6) is 0 Å². The second-order valence-electron chi connectivity index (χ2n) is 5.92. The van der Waals surface area contributed by atoms with Crippen LogP contribution in [0.2, 0.25) is 0 Å². The minimum atomic E-state index is -4.98. The maximum atomic E-state index is 12.7. The van der Waals surface area contributed by atoms with Gasteiger partial charge in [-0.3, -0.25) is 14.3 Å². The van der Waals surface area contributed by atoms with Crippen LogP contribution in [0, 0.1) is 12.3 Å². The van der Waals surface area contributed by atoms with Gasteiger partial charge in [-0.15, -0.1) is 6.42 Å². The number of aliphatic hydroxyl groups excluding tert-OH is 2. The highest BCUT2D eigenvalue weighted by atomic mass is 19.4. The summed E-state index contributed by atoms with van der Waals surface area (Å²) in [6.07, 6.45) is -8.30. The molecule has 3 rings (SSSR count). The minimum absolute atomic E-state index is 0.275. The number of ether oxygens (including phenoxy) is 1. The smallest absolute Gasteiger partial charge is 0.388 e. The molecule has 2 aromatic heterocycles. The predicted molar refractivity (Wildman–Crippen MR) is 84.5 cm³/mol. The third-order valence-corrected chi connectivity index (χ3v) is 4.14. The highest BCUT2D eigenvalue weighted by molar-refractivity contribution is 5.72. The Morgan fingerprint density at radius 3 is 2.74 bits per heavy atom. The molecule has 0 unspecified atom stereocenters. The van der Waals surface area contributed by atoms with E-state index in [1.165, 1.54) is 0 Å². The van der Waals surface area contributed by atoms with Crippen molar-refractivity contribution in [3.05, 3.63) is 20.8 Å². The lowest BCUT2D eigenvalue weighted by molar-refractivity contribution is -0.237. The number of nitrogen functional groups attached to an aromatic ring is 1. The maximum absolute atomic E-state index is 12.7. The van der Waals surface area contributed by atoms with Gasteiger partial charge < -0.3 is 20.7 Å². The molecule has 0 aliphatic carbocycles. The number of aromatic amines is 1. The van der Waals surface area contributed by atoms with Gasteiger partial charge in [0.1, 0.15) is 6.10 Å². The molecule has 1 fully saturated rings. The van der Waals surface area contributed by atoms with E-state index in [1.54, 1.807) is 0 Å². The van der Waals surface area contributed by atoms with Gasteiger partial charge in [0.15, 0.2) is 23.5 Å². The molecular weight excluding hydrogens is 375 g/mol. The number of anilines is 1. The number of aromatic nitrogens is 4. The summed E-state index contributed by atoms with van der Waals surface area (Å²) in [4.78, 5) is 30.8. The molecule has 0 spiro atoms. The summed E-state index contributed by atoms with van der Waals surface area (Å²) in [5.41, 5.74) is 3.14. The van der Waals surface area contributed by atoms with Crippen LogP contribution in [0.15, 0.2) is 9.59 Å². The molecule has 0 radical (unpaired) electrons. The molecule has 0 bridgehead atoms.